The lowest BCUT2D eigenvalue weighted by Gasteiger charge is -2.02. The van der Waals surface area contributed by atoms with Crippen LogP contribution in [0.2, 0.25) is 0 Å². The molecule has 3 nitrogen and oxygen atoms in total. The molecule has 2 N–H and O–H groups in total. The normalized spacial score (nSPS) is 9.33. The minimum atomic E-state index is 0.588. The number of hydrogen-bond acceptors (Lipinski definition) is 2. The highest BCUT2D eigenvalue weighted by Gasteiger charge is 2.06. The van der Waals surface area contributed by atoms with Gasteiger partial charge in [0, 0.05) is 12.2 Å². The number of aromatic nitrogens is 1. The van der Waals surface area contributed by atoms with Gasteiger partial charge in [0.1, 0.15) is 11.8 Å². The number of allylic oxidation sites excluding steroid dienone is 1. The second-order valence-electron chi connectivity index (χ2n) is 2.58. The first-order chi connectivity index (χ1) is 5.70. The number of rotatable bonds is 2. The molecule has 0 unspecified atom stereocenters. The smallest absolute Gasteiger partial charge is 0.122 e. The monoisotopic (exact) mass is 161 g/mol. The highest BCUT2D eigenvalue weighted by atomic mass is 15.0. The first-order valence-electron chi connectivity index (χ1n) is 3.67. The summed E-state index contributed by atoms with van der Waals surface area (Å²) < 4.78 is 1.84. The summed E-state index contributed by atoms with van der Waals surface area (Å²) in [5.41, 5.74) is 7.81. The standard InChI is InChI=1S/C9H11N3/c1-3-4-12-7(2)9(11)5-8(12)6-10/h3,5H,1,4,11H2,2H3. The van der Waals surface area contributed by atoms with Crippen LogP contribution in [-0.4, -0.2) is 4.57 Å². The summed E-state index contributed by atoms with van der Waals surface area (Å²) in [5, 5.41) is 8.72. The van der Waals surface area contributed by atoms with E-state index >= 15 is 0 Å². The van der Waals surface area contributed by atoms with E-state index in [2.05, 4.69) is 12.6 Å². The Balaban J connectivity index is 3.23. The molecule has 0 atom stereocenters. The molecule has 3 heteroatoms. The molecule has 1 heterocycles. The quantitative estimate of drug-likeness (QED) is 0.667. The third-order valence-electron chi connectivity index (χ3n) is 1.83. The Hall–Kier alpha value is -1.69. The molecule has 1 aromatic heterocycles. The van der Waals surface area contributed by atoms with Crippen LogP contribution in [0, 0.1) is 18.3 Å². The average molecular weight is 161 g/mol. The van der Waals surface area contributed by atoms with E-state index in [0.29, 0.717) is 17.9 Å². The Kier molecular flexibility index (Phi) is 2.20. The average Bonchev–Trinajstić information content (AvgIpc) is 2.33. The third-order valence-corrected chi connectivity index (χ3v) is 1.83. The zero-order chi connectivity index (χ0) is 9.14. The SMILES string of the molecule is C=CCn1c(C#N)cc(N)c1C. The first-order valence-corrected chi connectivity index (χ1v) is 3.67. The van der Waals surface area contributed by atoms with Gasteiger partial charge in [-0.3, -0.25) is 0 Å². The molecule has 0 spiro atoms. The molecule has 0 amide bonds. The van der Waals surface area contributed by atoms with Crippen LogP contribution in [0.5, 0.6) is 0 Å². The van der Waals surface area contributed by atoms with Gasteiger partial charge in [0.2, 0.25) is 0 Å². The summed E-state index contributed by atoms with van der Waals surface area (Å²) in [4.78, 5) is 0. The van der Waals surface area contributed by atoms with Gasteiger partial charge < -0.3 is 10.3 Å². The van der Waals surface area contributed by atoms with Gasteiger partial charge in [-0.15, -0.1) is 6.58 Å². The maximum absolute atomic E-state index is 8.72. The molecule has 0 radical (unpaired) electrons. The predicted molar refractivity (Wildman–Crippen MR) is 48.5 cm³/mol. The van der Waals surface area contributed by atoms with Crippen molar-refractivity contribution in [3.05, 3.63) is 30.1 Å². The van der Waals surface area contributed by atoms with Crippen LogP contribution in [0.25, 0.3) is 0 Å². The Labute approximate surface area is 71.7 Å². The maximum atomic E-state index is 8.72. The number of nitriles is 1. The Morgan fingerprint density at radius 3 is 3.00 bits per heavy atom. The van der Waals surface area contributed by atoms with Gasteiger partial charge in [-0.1, -0.05) is 6.08 Å². The minimum absolute atomic E-state index is 0.588. The van der Waals surface area contributed by atoms with E-state index in [1.165, 1.54) is 0 Å². The molecule has 0 bridgehead atoms. The van der Waals surface area contributed by atoms with Crippen molar-refractivity contribution >= 4 is 5.69 Å². The lowest BCUT2D eigenvalue weighted by Crippen LogP contribution is -2.00. The highest BCUT2D eigenvalue weighted by molar-refractivity contribution is 5.50. The lowest BCUT2D eigenvalue weighted by atomic mass is 10.4. The number of anilines is 1. The number of hydrogen-bond donors (Lipinski definition) is 1. The molecular weight excluding hydrogens is 150 g/mol. The third kappa shape index (κ3) is 1.19. The van der Waals surface area contributed by atoms with Crippen LogP contribution < -0.4 is 5.73 Å². The Morgan fingerprint density at radius 2 is 2.50 bits per heavy atom. The summed E-state index contributed by atoms with van der Waals surface area (Å²) in [5.74, 6) is 0. The van der Waals surface area contributed by atoms with E-state index in [-0.39, 0.29) is 0 Å². The van der Waals surface area contributed by atoms with Gasteiger partial charge >= 0.3 is 0 Å². The molecule has 62 valence electrons. The van der Waals surface area contributed by atoms with Crippen molar-refractivity contribution in [2.24, 2.45) is 0 Å². The molecule has 1 aromatic rings. The van der Waals surface area contributed by atoms with Crippen LogP contribution in [0.3, 0.4) is 0 Å². The van der Waals surface area contributed by atoms with E-state index in [9.17, 15) is 0 Å². The number of nitrogens with two attached hydrogens (primary N) is 1. The van der Waals surface area contributed by atoms with Crippen molar-refractivity contribution < 1.29 is 0 Å². The van der Waals surface area contributed by atoms with E-state index < -0.39 is 0 Å². The van der Waals surface area contributed by atoms with Crippen LogP contribution in [0.4, 0.5) is 5.69 Å². The van der Waals surface area contributed by atoms with Gasteiger partial charge in [-0.05, 0) is 13.0 Å². The maximum Gasteiger partial charge on any atom is 0.122 e. The Bertz CT molecular complexity index is 341. The molecule has 0 aliphatic carbocycles. The molecule has 12 heavy (non-hydrogen) atoms. The van der Waals surface area contributed by atoms with E-state index in [4.69, 9.17) is 11.0 Å². The van der Waals surface area contributed by atoms with Crippen molar-refractivity contribution in [3.8, 4) is 6.07 Å². The van der Waals surface area contributed by atoms with Crippen LogP contribution in [-0.2, 0) is 6.54 Å². The van der Waals surface area contributed by atoms with Crippen LogP contribution in [0.15, 0.2) is 18.7 Å². The molecule has 0 saturated carbocycles. The molecule has 0 fully saturated rings. The zero-order valence-corrected chi connectivity index (χ0v) is 7.04. The minimum Gasteiger partial charge on any atom is -0.397 e. The molecule has 1 rings (SSSR count). The van der Waals surface area contributed by atoms with Crippen molar-refractivity contribution in [3.63, 3.8) is 0 Å². The molecule has 0 aromatic carbocycles. The zero-order valence-electron chi connectivity index (χ0n) is 7.04. The van der Waals surface area contributed by atoms with Gasteiger partial charge in [0.15, 0.2) is 0 Å². The molecule has 0 aliphatic heterocycles. The fraction of sp³-hybridized carbons (Fsp3) is 0.222. The first kappa shape index (κ1) is 8.41. The summed E-state index contributed by atoms with van der Waals surface area (Å²) >= 11 is 0. The van der Waals surface area contributed by atoms with Crippen molar-refractivity contribution in [2.45, 2.75) is 13.5 Å². The summed E-state index contributed by atoms with van der Waals surface area (Å²) in [7, 11) is 0. The van der Waals surface area contributed by atoms with Gasteiger partial charge in [0.25, 0.3) is 0 Å². The van der Waals surface area contributed by atoms with Crippen molar-refractivity contribution in [1.29, 1.82) is 5.26 Å². The van der Waals surface area contributed by atoms with E-state index in [1.807, 2.05) is 11.5 Å². The molecule has 0 saturated heterocycles. The molecule has 0 aliphatic rings. The van der Waals surface area contributed by atoms with E-state index in [1.54, 1.807) is 12.1 Å². The second-order valence-corrected chi connectivity index (χ2v) is 2.58. The molecular formula is C9H11N3. The van der Waals surface area contributed by atoms with E-state index in [0.717, 1.165) is 5.69 Å². The van der Waals surface area contributed by atoms with Gasteiger partial charge in [0.05, 0.1) is 5.69 Å². The van der Waals surface area contributed by atoms with Crippen LogP contribution >= 0.6 is 0 Å². The second kappa shape index (κ2) is 3.14. The van der Waals surface area contributed by atoms with Crippen LogP contribution in [0.1, 0.15) is 11.4 Å². The largest absolute Gasteiger partial charge is 0.397 e. The summed E-state index contributed by atoms with van der Waals surface area (Å²) in [6.45, 7) is 6.13. The fourth-order valence-electron chi connectivity index (χ4n) is 1.12. The van der Waals surface area contributed by atoms with Crippen molar-refractivity contribution in [2.75, 3.05) is 5.73 Å². The fourth-order valence-corrected chi connectivity index (χ4v) is 1.12. The summed E-state index contributed by atoms with van der Waals surface area (Å²) in [6, 6.07) is 3.76. The van der Waals surface area contributed by atoms with Gasteiger partial charge in [-0.2, -0.15) is 5.26 Å². The number of nitrogens with zero attached hydrogens (tertiary/aromatic N) is 2. The lowest BCUT2D eigenvalue weighted by molar-refractivity contribution is 0.787. The Morgan fingerprint density at radius 1 is 1.83 bits per heavy atom. The highest BCUT2D eigenvalue weighted by Crippen LogP contribution is 2.16. The number of nitrogen functional groups attached to an aromatic ring is 1. The predicted octanol–water partition coefficient (Wildman–Crippen LogP) is 1.44. The van der Waals surface area contributed by atoms with Crippen molar-refractivity contribution in [1.82, 2.24) is 4.57 Å². The topological polar surface area (TPSA) is 54.7 Å². The summed E-state index contributed by atoms with van der Waals surface area (Å²) in [6.07, 6.45) is 1.74. The van der Waals surface area contributed by atoms with Gasteiger partial charge in [-0.25, -0.2) is 0 Å².